The fourth-order valence-electron chi connectivity index (χ4n) is 2.06. The molecule has 2 N–H and O–H groups in total. The second-order valence-electron chi connectivity index (χ2n) is 4.87. The lowest BCUT2D eigenvalue weighted by Crippen LogP contribution is -2.35. The Morgan fingerprint density at radius 1 is 1.35 bits per heavy atom. The van der Waals surface area contributed by atoms with Gasteiger partial charge >= 0.3 is 5.97 Å². The van der Waals surface area contributed by atoms with Gasteiger partial charge in [-0.2, -0.15) is 0 Å². The van der Waals surface area contributed by atoms with E-state index >= 15 is 0 Å². The van der Waals surface area contributed by atoms with Gasteiger partial charge < -0.3 is 5.11 Å². The van der Waals surface area contributed by atoms with Crippen LogP contribution >= 0.6 is 0 Å². The topological polar surface area (TPSA) is 83.5 Å². The van der Waals surface area contributed by atoms with Crippen LogP contribution in [0.2, 0.25) is 0 Å². The van der Waals surface area contributed by atoms with Gasteiger partial charge in [-0.05, 0) is 18.8 Å². The summed E-state index contributed by atoms with van der Waals surface area (Å²) in [5.41, 5.74) is 0. The summed E-state index contributed by atoms with van der Waals surface area (Å²) in [6, 6.07) is 0. The number of carboxylic acids is 1. The molecule has 6 heteroatoms. The van der Waals surface area contributed by atoms with E-state index in [0.717, 1.165) is 25.7 Å². The summed E-state index contributed by atoms with van der Waals surface area (Å²) in [4.78, 5) is 10.6. The Kier molecular flexibility index (Phi) is 5.39. The maximum atomic E-state index is 11.7. The average molecular weight is 263 g/mol. The second-order valence-corrected chi connectivity index (χ2v) is 6.72. The third-order valence-corrected chi connectivity index (χ3v) is 4.73. The van der Waals surface area contributed by atoms with E-state index < -0.39 is 21.9 Å². The predicted molar refractivity (Wildman–Crippen MR) is 65.2 cm³/mol. The summed E-state index contributed by atoms with van der Waals surface area (Å²) in [5, 5.41) is 8.67. The molecule has 17 heavy (non-hydrogen) atoms. The molecule has 1 aliphatic rings. The maximum Gasteiger partial charge on any atom is 0.307 e. The molecule has 1 atom stereocenters. The van der Waals surface area contributed by atoms with Crippen LogP contribution in [0.3, 0.4) is 0 Å². The Morgan fingerprint density at radius 2 is 1.94 bits per heavy atom. The largest absolute Gasteiger partial charge is 0.481 e. The van der Waals surface area contributed by atoms with Crippen LogP contribution in [-0.2, 0) is 14.8 Å². The third-order valence-electron chi connectivity index (χ3n) is 3.21. The van der Waals surface area contributed by atoms with Crippen molar-refractivity contribution >= 4 is 16.0 Å². The highest BCUT2D eigenvalue weighted by Gasteiger charge is 2.22. The van der Waals surface area contributed by atoms with Crippen molar-refractivity contribution in [3.63, 3.8) is 0 Å². The van der Waals surface area contributed by atoms with Crippen molar-refractivity contribution in [3.05, 3.63) is 0 Å². The standard InChI is InChI=1S/C11H21NO4S/c1-9(11(13)14)7-12-17(15,16)8-10-5-3-2-4-6-10/h9-10,12H,2-8H2,1H3,(H,13,14). The van der Waals surface area contributed by atoms with Crippen LogP contribution in [0, 0.1) is 11.8 Å². The van der Waals surface area contributed by atoms with Gasteiger partial charge in [-0.3, -0.25) is 4.79 Å². The van der Waals surface area contributed by atoms with Crippen molar-refractivity contribution < 1.29 is 18.3 Å². The van der Waals surface area contributed by atoms with Crippen LogP contribution in [-0.4, -0.2) is 31.8 Å². The van der Waals surface area contributed by atoms with Gasteiger partial charge in [-0.1, -0.05) is 26.2 Å². The third kappa shape index (κ3) is 5.50. The average Bonchev–Trinajstić information content (AvgIpc) is 2.26. The van der Waals surface area contributed by atoms with E-state index in [4.69, 9.17) is 5.11 Å². The highest BCUT2D eigenvalue weighted by Crippen LogP contribution is 2.24. The molecule has 0 heterocycles. The van der Waals surface area contributed by atoms with Crippen molar-refractivity contribution in [2.45, 2.75) is 39.0 Å². The van der Waals surface area contributed by atoms with Crippen LogP contribution in [0.1, 0.15) is 39.0 Å². The number of hydrogen-bond donors (Lipinski definition) is 2. The molecular weight excluding hydrogens is 242 g/mol. The monoisotopic (exact) mass is 263 g/mol. The smallest absolute Gasteiger partial charge is 0.307 e. The molecule has 0 amide bonds. The molecule has 1 saturated carbocycles. The zero-order valence-corrected chi connectivity index (χ0v) is 11.0. The van der Waals surface area contributed by atoms with Crippen molar-refractivity contribution in [3.8, 4) is 0 Å². The van der Waals surface area contributed by atoms with Gasteiger partial charge in [-0.15, -0.1) is 0 Å². The Hall–Kier alpha value is -0.620. The first-order valence-corrected chi connectivity index (χ1v) is 7.76. The summed E-state index contributed by atoms with van der Waals surface area (Å²) >= 11 is 0. The lowest BCUT2D eigenvalue weighted by Gasteiger charge is -2.21. The highest BCUT2D eigenvalue weighted by atomic mass is 32.2. The van der Waals surface area contributed by atoms with E-state index in [1.165, 1.54) is 13.3 Å². The lowest BCUT2D eigenvalue weighted by atomic mass is 9.91. The SMILES string of the molecule is CC(CNS(=O)(=O)CC1CCCCC1)C(=O)O. The van der Waals surface area contributed by atoms with E-state index in [9.17, 15) is 13.2 Å². The lowest BCUT2D eigenvalue weighted by molar-refractivity contribution is -0.140. The van der Waals surface area contributed by atoms with E-state index in [1.807, 2.05) is 0 Å². The summed E-state index contributed by atoms with van der Waals surface area (Å²) in [7, 11) is -3.32. The number of rotatable bonds is 6. The zero-order chi connectivity index (χ0) is 12.9. The van der Waals surface area contributed by atoms with Crippen molar-refractivity contribution in [1.29, 1.82) is 0 Å². The Balaban J connectivity index is 2.37. The summed E-state index contributed by atoms with van der Waals surface area (Å²) in [6.07, 6.45) is 5.34. The first-order valence-electron chi connectivity index (χ1n) is 6.11. The predicted octanol–water partition coefficient (Wildman–Crippen LogP) is 1.21. The van der Waals surface area contributed by atoms with Gasteiger partial charge in [0.15, 0.2) is 0 Å². The molecule has 5 nitrogen and oxygen atoms in total. The van der Waals surface area contributed by atoms with Gasteiger partial charge in [0.25, 0.3) is 0 Å². The molecule has 0 aromatic carbocycles. The molecule has 1 unspecified atom stereocenters. The molecule has 1 aliphatic carbocycles. The number of hydrogen-bond acceptors (Lipinski definition) is 3. The minimum atomic E-state index is -3.32. The van der Waals surface area contributed by atoms with Gasteiger partial charge in [0.1, 0.15) is 0 Å². The van der Waals surface area contributed by atoms with Crippen molar-refractivity contribution in [2.75, 3.05) is 12.3 Å². The first-order chi connectivity index (χ1) is 7.91. The van der Waals surface area contributed by atoms with Gasteiger partial charge in [-0.25, -0.2) is 13.1 Å². The van der Waals surface area contributed by atoms with E-state index in [2.05, 4.69) is 4.72 Å². The molecule has 0 spiro atoms. The first kappa shape index (κ1) is 14.4. The van der Waals surface area contributed by atoms with Crippen LogP contribution in [0.15, 0.2) is 0 Å². The fraction of sp³-hybridized carbons (Fsp3) is 0.909. The van der Waals surface area contributed by atoms with Gasteiger partial charge in [0.05, 0.1) is 11.7 Å². The molecule has 0 saturated heterocycles. The van der Waals surface area contributed by atoms with E-state index in [0.29, 0.717) is 0 Å². The molecule has 1 rings (SSSR count). The summed E-state index contributed by atoms with van der Waals surface area (Å²) < 4.78 is 25.8. The number of carbonyl (C=O) groups is 1. The quantitative estimate of drug-likeness (QED) is 0.754. The molecule has 0 aliphatic heterocycles. The molecule has 0 radical (unpaired) electrons. The molecule has 0 aromatic heterocycles. The zero-order valence-electron chi connectivity index (χ0n) is 10.2. The molecular formula is C11H21NO4S. The Labute approximate surface area is 103 Å². The molecule has 1 fully saturated rings. The second kappa shape index (κ2) is 6.35. The number of aliphatic carboxylic acids is 1. The van der Waals surface area contributed by atoms with Crippen LogP contribution in [0.4, 0.5) is 0 Å². The minimum absolute atomic E-state index is 0.0234. The van der Waals surface area contributed by atoms with Crippen molar-refractivity contribution in [1.82, 2.24) is 4.72 Å². The molecule has 100 valence electrons. The molecule has 0 bridgehead atoms. The molecule has 0 aromatic rings. The van der Waals surface area contributed by atoms with Crippen LogP contribution in [0.5, 0.6) is 0 Å². The van der Waals surface area contributed by atoms with Crippen LogP contribution < -0.4 is 4.72 Å². The Morgan fingerprint density at radius 3 is 2.47 bits per heavy atom. The number of sulfonamides is 1. The van der Waals surface area contributed by atoms with E-state index in [1.54, 1.807) is 0 Å². The Bertz CT molecular complexity index is 346. The van der Waals surface area contributed by atoms with Crippen molar-refractivity contribution in [2.24, 2.45) is 11.8 Å². The fourth-order valence-corrected chi connectivity index (χ4v) is 3.64. The van der Waals surface area contributed by atoms with E-state index in [-0.39, 0.29) is 18.2 Å². The minimum Gasteiger partial charge on any atom is -0.481 e. The van der Waals surface area contributed by atoms with Gasteiger partial charge in [0, 0.05) is 6.54 Å². The maximum absolute atomic E-state index is 11.7. The highest BCUT2D eigenvalue weighted by molar-refractivity contribution is 7.89. The van der Waals surface area contributed by atoms with Gasteiger partial charge in [0.2, 0.25) is 10.0 Å². The normalized spacial score (nSPS) is 20.1. The summed E-state index contributed by atoms with van der Waals surface area (Å²) in [6.45, 7) is 1.47. The van der Waals surface area contributed by atoms with Crippen LogP contribution in [0.25, 0.3) is 0 Å². The number of nitrogens with one attached hydrogen (secondary N) is 1. The summed E-state index contributed by atoms with van der Waals surface area (Å²) in [5.74, 6) is -1.29. The number of carboxylic acid groups (broad SMARTS) is 1.